The first kappa shape index (κ1) is 14.5. The number of hydrogen-bond donors (Lipinski definition) is 1. The lowest BCUT2D eigenvalue weighted by Gasteiger charge is -2.15. The average Bonchev–Trinajstić information content (AvgIpc) is 2.85. The first-order chi connectivity index (χ1) is 9.41. The average molecular weight is 288 g/mol. The Morgan fingerprint density at radius 3 is 2.60 bits per heavy atom. The highest BCUT2D eigenvalue weighted by Crippen LogP contribution is 2.30. The smallest absolute Gasteiger partial charge is 0.143 e. The van der Waals surface area contributed by atoms with E-state index in [0.29, 0.717) is 12.2 Å². The van der Waals surface area contributed by atoms with E-state index in [1.807, 2.05) is 6.07 Å². The molecule has 4 heteroatoms. The maximum absolute atomic E-state index is 13.5. The van der Waals surface area contributed by atoms with Crippen LogP contribution in [0.4, 0.5) is 10.1 Å². The molecule has 104 valence electrons. The van der Waals surface area contributed by atoms with Crippen molar-refractivity contribution in [2.75, 3.05) is 5.32 Å². The highest BCUT2D eigenvalue weighted by molar-refractivity contribution is 7.12. The van der Waals surface area contributed by atoms with Crippen molar-refractivity contribution in [2.24, 2.45) is 0 Å². The summed E-state index contributed by atoms with van der Waals surface area (Å²) in [5.74, 6) is -0.487. The van der Waals surface area contributed by atoms with Gasteiger partial charge in [-0.3, -0.25) is 0 Å². The number of anilines is 1. The Labute approximate surface area is 122 Å². The maximum Gasteiger partial charge on any atom is 0.143 e. The van der Waals surface area contributed by atoms with Gasteiger partial charge in [0.25, 0.3) is 0 Å². The largest absolute Gasteiger partial charge is 0.379 e. The molecule has 0 saturated heterocycles. The van der Waals surface area contributed by atoms with Crippen molar-refractivity contribution in [3.05, 3.63) is 51.5 Å². The third kappa shape index (κ3) is 3.17. The normalized spacial score (nSPS) is 11.2. The van der Waals surface area contributed by atoms with E-state index in [1.54, 1.807) is 23.5 Å². The fourth-order valence-corrected chi connectivity index (χ4v) is 2.85. The molecule has 0 bridgehead atoms. The van der Waals surface area contributed by atoms with Crippen molar-refractivity contribution >= 4 is 17.0 Å². The van der Waals surface area contributed by atoms with Gasteiger partial charge >= 0.3 is 0 Å². The maximum atomic E-state index is 13.5. The van der Waals surface area contributed by atoms with Crippen molar-refractivity contribution in [1.82, 2.24) is 0 Å². The summed E-state index contributed by atoms with van der Waals surface area (Å²) in [6.45, 7) is 7.13. The van der Waals surface area contributed by atoms with Gasteiger partial charge in [0.1, 0.15) is 17.4 Å². The predicted molar refractivity (Wildman–Crippen MR) is 81.5 cm³/mol. The molecule has 20 heavy (non-hydrogen) atoms. The van der Waals surface area contributed by atoms with Gasteiger partial charge in [0.05, 0.1) is 5.69 Å². The summed E-state index contributed by atoms with van der Waals surface area (Å²) in [7, 11) is 0. The molecule has 0 aliphatic carbocycles. The van der Waals surface area contributed by atoms with Gasteiger partial charge in [-0.2, -0.15) is 5.26 Å². The van der Waals surface area contributed by atoms with Crippen LogP contribution in [0.3, 0.4) is 0 Å². The summed E-state index contributed by atoms with van der Waals surface area (Å²) in [6.07, 6.45) is 0. The van der Waals surface area contributed by atoms with Crippen LogP contribution in [0, 0.1) is 17.1 Å². The molecule has 0 aliphatic heterocycles. The molecule has 2 rings (SSSR count). The molecular weight excluding hydrogens is 271 g/mol. The summed E-state index contributed by atoms with van der Waals surface area (Å²) < 4.78 is 13.5. The van der Waals surface area contributed by atoms with Crippen molar-refractivity contribution in [1.29, 1.82) is 5.26 Å². The highest BCUT2D eigenvalue weighted by atomic mass is 32.1. The van der Waals surface area contributed by atoms with Gasteiger partial charge in [-0.25, -0.2) is 4.39 Å². The SMILES string of the molecule is CC(C)(C)c1ccc(CNc2cccc(F)c2C#N)s1. The molecule has 1 heterocycles. The Hall–Kier alpha value is -1.86. The first-order valence-electron chi connectivity index (χ1n) is 6.43. The molecule has 2 aromatic rings. The summed E-state index contributed by atoms with van der Waals surface area (Å²) in [5, 5.41) is 12.1. The number of nitrogens with one attached hydrogen (secondary N) is 1. The monoisotopic (exact) mass is 288 g/mol. The number of nitriles is 1. The van der Waals surface area contributed by atoms with Gasteiger partial charge in [0.15, 0.2) is 0 Å². The van der Waals surface area contributed by atoms with E-state index in [-0.39, 0.29) is 11.0 Å². The first-order valence-corrected chi connectivity index (χ1v) is 7.25. The van der Waals surface area contributed by atoms with Crippen LogP contribution in [-0.4, -0.2) is 0 Å². The lowest BCUT2D eigenvalue weighted by molar-refractivity contribution is 0.604. The number of nitrogens with zero attached hydrogens (tertiary/aromatic N) is 1. The molecule has 0 amide bonds. The third-order valence-corrected chi connectivity index (χ3v) is 4.49. The van der Waals surface area contributed by atoms with Crippen molar-refractivity contribution in [3.63, 3.8) is 0 Å². The molecular formula is C16H17FN2S. The van der Waals surface area contributed by atoms with Crippen molar-refractivity contribution < 1.29 is 4.39 Å². The zero-order valence-electron chi connectivity index (χ0n) is 11.8. The second-order valence-electron chi connectivity index (χ2n) is 5.64. The second kappa shape index (κ2) is 5.64. The van der Waals surface area contributed by atoms with Gasteiger partial charge in [0.2, 0.25) is 0 Å². The van der Waals surface area contributed by atoms with E-state index in [4.69, 9.17) is 5.26 Å². The van der Waals surface area contributed by atoms with Gasteiger partial charge in [0, 0.05) is 16.3 Å². The van der Waals surface area contributed by atoms with Crippen LogP contribution < -0.4 is 5.32 Å². The standard InChI is InChI=1S/C16H17FN2S/c1-16(2,3)15-8-7-11(20-15)10-19-14-6-4-5-13(17)12(14)9-18/h4-8,19H,10H2,1-3H3. The molecule has 0 saturated carbocycles. The highest BCUT2D eigenvalue weighted by Gasteiger charge is 2.16. The van der Waals surface area contributed by atoms with Gasteiger partial charge in [-0.1, -0.05) is 26.8 Å². The van der Waals surface area contributed by atoms with Crippen molar-refractivity contribution in [2.45, 2.75) is 32.7 Å². The molecule has 0 radical (unpaired) electrons. The van der Waals surface area contributed by atoms with Gasteiger partial charge < -0.3 is 5.32 Å². The molecule has 0 atom stereocenters. The van der Waals surface area contributed by atoms with Gasteiger partial charge in [-0.05, 0) is 29.7 Å². The van der Waals surface area contributed by atoms with Crippen LogP contribution in [0.15, 0.2) is 30.3 Å². The Morgan fingerprint density at radius 1 is 1.25 bits per heavy atom. The van der Waals surface area contributed by atoms with E-state index in [1.165, 1.54) is 15.8 Å². The van der Waals surface area contributed by atoms with E-state index < -0.39 is 5.82 Å². The summed E-state index contributed by atoms with van der Waals surface area (Å²) in [6, 6.07) is 10.7. The Balaban J connectivity index is 2.12. The minimum Gasteiger partial charge on any atom is -0.379 e. The number of rotatable bonds is 3. The molecule has 2 nitrogen and oxygen atoms in total. The molecule has 0 fully saturated rings. The zero-order chi connectivity index (χ0) is 14.8. The molecule has 1 aromatic heterocycles. The molecule has 0 unspecified atom stereocenters. The molecule has 0 spiro atoms. The summed E-state index contributed by atoms with van der Waals surface area (Å²) in [4.78, 5) is 2.48. The summed E-state index contributed by atoms with van der Waals surface area (Å²) >= 11 is 1.74. The van der Waals surface area contributed by atoms with Crippen molar-refractivity contribution in [3.8, 4) is 6.07 Å². The van der Waals surface area contributed by atoms with Gasteiger partial charge in [-0.15, -0.1) is 11.3 Å². The number of halogens is 1. The minimum absolute atomic E-state index is 0.0695. The Bertz CT molecular complexity index is 647. The van der Waals surface area contributed by atoms with E-state index in [0.717, 1.165) is 0 Å². The topological polar surface area (TPSA) is 35.8 Å². The fraction of sp³-hybridized carbons (Fsp3) is 0.312. The minimum atomic E-state index is -0.487. The Morgan fingerprint density at radius 2 is 2.00 bits per heavy atom. The third-order valence-electron chi connectivity index (χ3n) is 2.98. The van der Waals surface area contributed by atoms with Crippen LogP contribution in [0.1, 0.15) is 36.1 Å². The van der Waals surface area contributed by atoms with Crippen LogP contribution >= 0.6 is 11.3 Å². The lowest BCUT2D eigenvalue weighted by Crippen LogP contribution is -2.07. The second-order valence-corrected chi connectivity index (χ2v) is 6.81. The predicted octanol–water partition coefficient (Wildman–Crippen LogP) is 4.67. The van der Waals surface area contributed by atoms with Crippen LogP contribution in [0.25, 0.3) is 0 Å². The fourth-order valence-electron chi connectivity index (χ4n) is 1.84. The quantitative estimate of drug-likeness (QED) is 0.891. The van der Waals surface area contributed by atoms with Crippen LogP contribution in [0.2, 0.25) is 0 Å². The van der Waals surface area contributed by atoms with E-state index >= 15 is 0 Å². The van der Waals surface area contributed by atoms with E-state index in [9.17, 15) is 4.39 Å². The Kier molecular flexibility index (Phi) is 4.10. The number of thiophene rings is 1. The summed E-state index contributed by atoms with van der Waals surface area (Å²) in [5.41, 5.74) is 0.748. The number of benzene rings is 1. The van der Waals surface area contributed by atoms with E-state index in [2.05, 4.69) is 38.2 Å². The molecule has 1 N–H and O–H groups in total. The molecule has 0 aliphatic rings. The zero-order valence-corrected chi connectivity index (χ0v) is 12.6. The lowest BCUT2D eigenvalue weighted by atomic mass is 9.95. The van der Waals surface area contributed by atoms with Crippen LogP contribution in [-0.2, 0) is 12.0 Å². The number of hydrogen-bond acceptors (Lipinski definition) is 3. The van der Waals surface area contributed by atoms with Crippen LogP contribution in [0.5, 0.6) is 0 Å². The molecule has 1 aromatic carbocycles.